The smallest absolute Gasteiger partial charge is 0.246 e. The monoisotopic (exact) mass is 637 g/mol. The summed E-state index contributed by atoms with van der Waals surface area (Å²) >= 11 is 1.78. The molecule has 3 radical (unpaired) electrons. The summed E-state index contributed by atoms with van der Waals surface area (Å²) in [5.41, 5.74) is 1.46. The van der Waals surface area contributed by atoms with E-state index < -0.39 is 26.1 Å². The first kappa shape index (κ1) is 34.4. The highest BCUT2D eigenvalue weighted by Gasteiger charge is 2.49. The molecule has 0 aromatic heterocycles. The fourth-order valence-corrected chi connectivity index (χ4v) is 9.89. The van der Waals surface area contributed by atoms with Crippen LogP contribution in [0.1, 0.15) is 82.4 Å². The summed E-state index contributed by atoms with van der Waals surface area (Å²) in [7, 11) is 5.53. The first-order valence-corrected chi connectivity index (χ1v) is 16.9. The Morgan fingerprint density at radius 3 is 1.71 bits per heavy atom. The zero-order valence-electron chi connectivity index (χ0n) is 26.5. The second kappa shape index (κ2) is 13.7. The van der Waals surface area contributed by atoms with Crippen molar-refractivity contribution < 1.29 is 36.5 Å². The minimum Gasteiger partial charge on any atom is -0.493 e. The topological polar surface area (TPSA) is 89.5 Å². The maximum atomic E-state index is 14.5. The van der Waals surface area contributed by atoms with Crippen molar-refractivity contribution in [2.75, 3.05) is 35.0 Å². The summed E-state index contributed by atoms with van der Waals surface area (Å²) in [6.07, 6.45) is 1.80. The zero-order valence-corrected chi connectivity index (χ0v) is 29.1. The van der Waals surface area contributed by atoms with Gasteiger partial charge in [-0.2, -0.15) is 0 Å². The third-order valence-corrected chi connectivity index (χ3v) is 12.1. The second-order valence-electron chi connectivity index (χ2n) is 12.0. The molecule has 0 aliphatic carbocycles. The maximum absolute atomic E-state index is 14.5. The van der Waals surface area contributed by atoms with Gasteiger partial charge in [0.1, 0.15) is 4.90 Å². The summed E-state index contributed by atoms with van der Waals surface area (Å²) < 4.78 is 61.9. The third kappa shape index (κ3) is 6.69. The zero-order chi connectivity index (χ0) is 31.5. The minimum atomic E-state index is -3.99. The van der Waals surface area contributed by atoms with Gasteiger partial charge in [-0.15, -0.1) is 11.8 Å². The molecular formula is C31H45O8S2Si. The fourth-order valence-electron chi connectivity index (χ4n) is 5.68. The largest absolute Gasteiger partial charge is 0.493 e. The molecule has 1 heterocycles. The van der Waals surface area contributed by atoms with Crippen molar-refractivity contribution in [2.45, 2.75) is 87.1 Å². The number of hydrogen-bond donors (Lipinski definition) is 0. The van der Waals surface area contributed by atoms with E-state index in [4.69, 9.17) is 28.1 Å². The maximum Gasteiger partial charge on any atom is 0.246 e. The highest BCUT2D eigenvalue weighted by atomic mass is 32.2. The number of benzene rings is 2. The molecule has 3 rings (SSSR count). The van der Waals surface area contributed by atoms with Gasteiger partial charge in [-0.3, -0.25) is 0 Å². The van der Waals surface area contributed by atoms with Gasteiger partial charge in [-0.05, 0) is 73.9 Å². The molecule has 1 aliphatic rings. The molecule has 1 saturated heterocycles. The van der Waals surface area contributed by atoms with Crippen molar-refractivity contribution in [3.63, 3.8) is 0 Å². The van der Waals surface area contributed by atoms with Crippen molar-refractivity contribution in [1.29, 1.82) is 0 Å². The van der Waals surface area contributed by atoms with Crippen molar-refractivity contribution in [2.24, 2.45) is 5.41 Å². The Morgan fingerprint density at radius 2 is 1.31 bits per heavy atom. The van der Waals surface area contributed by atoms with Gasteiger partial charge in [0.15, 0.2) is 32.8 Å². The van der Waals surface area contributed by atoms with E-state index in [0.29, 0.717) is 29.6 Å². The molecule has 2 aromatic rings. The summed E-state index contributed by atoms with van der Waals surface area (Å²) in [6, 6.07) is 7.64. The molecule has 233 valence electrons. The Morgan fingerprint density at radius 1 is 0.833 bits per heavy atom. The molecule has 1 aliphatic heterocycles. The molecule has 0 amide bonds. The lowest BCUT2D eigenvalue weighted by Gasteiger charge is -2.41. The lowest BCUT2D eigenvalue weighted by molar-refractivity contribution is 0.0661. The van der Waals surface area contributed by atoms with Crippen LogP contribution in [0, 0.1) is 5.41 Å². The number of methoxy groups -OCH3 is 4. The van der Waals surface area contributed by atoms with E-state index in [9.17, 15) is 8.42 Å². The second-order valence-corrected chi connectivity index (χ2v) is 16.2. The van der Waals surface area contributed by atoms with Crippen LogP contribution in [0.2, 0.25) is 0 Å². The predicted octanol–water partition coefficient (Wildman–Crippen LogP) is 6.89. The van der Waals surface area contributed by atoms with Gasteiger partial charge in [-0.25, -0.2) is 8.42 Å². The van der Waals surface area contributed by atoms with E-state index >= 15 is 0 Å². The minimum absolute atomic E-state index is 0.0331. The highest BCUT2D eigenvalue weighted by Crippen LogP contribution is 2.56. The van der Waals surface area contributed by atoms with Gasteiger partial charge >= 0.3 is 0 Å². The van der Waals surface area contributed by atoms with Crippen molar-refractivity contribution in [1.82, 2.24) is 0 Å². The van der Waals surface area contributed by atoms with Crippen LogP contribution in [-0.2, 0) is 14.3 Å². The van der Waals surface area contributed by atoms with Gasteiger partial charge in [0.2, 0.25) is 16.2 Å². The van der Waals surface area contributed by atoms with Crippen molar-refractivity contribution in [3.8, 4) is 28.7 Å². The van der Waals surface area contributed by atoms with Crippen LogP contribution in [0.3, 0.4) is 0 Å². The van der Waals surface area contributed by atoms with Gasteiger partial charge in [0.25, 0.3) is 0 Å². The first-order valence-electron chi connectivity index (χ1n) is 14.1. The molecular weight excluding hydrogens is 593 g/mol. The van der Waals surface area contributed by atoms with Crippen LogP contribution in [0.15, 0.2) is 29.2 Å². The summed E-state index contributed by atoms with van der Waals surface area (Å²) in [5, 5.41) is 0.180. The Hall–Kier alpha value is -2.08. The van der Waals surface area contributed by atoms with Crippen molar-refractivity contribution in [3.05, 3.63) is 35.4 Å². The molecule has 3 atom stereocenters. The van der Waals surface area contributed by atoms with E-state index in [1.807, 2.05) is 45.9 Å². The Balaban J connectivity index is 2.11. The van der Waals surface area contributed by atoms with Crippen LogP contribution in [0.5, 0.6) is 28.7 Å². The van der Waals surface area contributed by atoms with Gasteiger partial charge < -0.3 is 28.1 Å². The normalized spacial score (nSPS) is 18.5. The molecule has 8 nitrogen and oxygen atoms in total. The van der Waals surface area contributed by atoms with E-state index in [0.717, 1.165) is 30.4 Å². The summed E-state index contributed by atoms with van der Waals surface area (Å²) in [6.45, 7) is 11.6. The number of thioether (sulfide) groups is 1. The van der Waals surface area contributed by atoms with Crippen LogP contribution in [0.25, 0.3) is 0 Å². The molecule has 2 aromatic carbocycles. The molecule has 0 saturated carbocycles. The predicted molar refractivity (Wildman–Crippen MR) is 169 cm³/mol. The van der Waals surface area contributed by atoms with E-state index in [2.05, 4.69) is 10.5 Å². The van der Waals surface area contributed by atoms with E-state index in [-0.39, 0.29) is 21.1 Å². The van der Waals surface area contributed by atoms with E-state index in [1.54, 1.807) is 60.1 Å². The van der Waals surface area contributed by atoms with Gasteiger partial charge in [-0.1, -0.05) is 27.7 Å². The Bertz CT molecular complexity index is 1310. The summed E-state index contributed by atoms with van der Waals surface area (Å²) in [5.74, 6) is 2.40. The van der Waals surface area contributed by atoms with E-state index in [1.165, 1.54) is 0 Å². The molecule has 1 fully saturated rings. The number of sulfone groups is 1. The molecule has 0 spiro atoms. The molecule has 11 heteroatoms. The molecule has 0 N–H and O–H groups in total. The molecule has 0 bridgehead atoms. The third-order valence-electron chi connectivity index (χ3n) is 7.68. The molecule has 1 unspecified atom stereocenters. The highest BCUT2D eigenvalue weighted by molar-refractivity contribution is 8.00. The van der Waals surface area contributed by atoms with Crippen LogP contribution in [0.4, 0.5) is 0 Å². The number of ether oxygens (including phenoxy) is 5. The van der Waals surface area contributed by atoms with Crippen LogP contribution < -0.4 is 23.7 Å². The first-order chi connectivity index (χ1) is 19.7. The average molecular weight is 638 g/mol. The van der Waals surface area contributed by atoms with Crippen LogP contribution >= 0.6 is 11.8 Å². The lowest BCUT2D eigenvalue weighted by Crippen LogP contribution is -2.51. The lowest BCUT2D eigenvalue weighted by atomic mass is 9.82. The molecule has 42 heavy (non-hydrogen) atoms. The number of hydrogen-bond acceptors (Lipinski definition) is 9. The van der Waals surface area contributed by atoms with Crippen LogP contribution in [-0.4, -0.2) is 64.8 Å². The summed E-state index contributed by atoms with van der Waals surface area (Å²) in [4.78, 5) is 0.116. The standard InChI is InChI=1S/C31H45O8S2Si/c1-11-14-38-28-23(36-9)17-20(18-26(28)41(32,33)31(5,6)29(39-42)30(2,3)4)25-13-12-24(40-25)19-15-21(34-7)27(37-10)22(16-19)35-8/h15-18,24-25,29H,11-14H2,1-10H3/t24-,25-,29?/m1/s1. The number of rotatable bonds is 13. The van der Waals surface area contributed by atoms with Gasteiger partial charge in [0.05, 0.1) is 45.9 Å². The quantitative estimate of drug-likeness (QED) is 0.218. The Labute approximate surface area is 259 Å². The van der Waals surface area contributed by atoms with Gasteiger partial charge in [0, 0.05) is 10.5 Å². The Kier molecular flexibility index (Phi) is 11.2. The average Bonchev–Trinajstić information content (AvgIpc) is 3.44. The SMILES string of the molecule is CCCOc1c(OC)cc([C@H]2CC[C@H](c3cc(OC)c(OC)c(OC)c3)S2)cc1S(=O)(=O)C(C)(C)C(O[Si])C(C)(C)C. The van der Waals surface area contributed by atoms with Crippen molar-refractivity contribution >= 4 is 32.1 Å². The fraction of sp³-hybridized carbons (Fsp3) is 0.613.